The average Bonchev–Trinajstić information content (AvgIpc) is 2.63. The number of ketones is 1. The first-order valence-electron chi connectivity index (χ1n) is 9.78. The molecule has 0 fully saturated rings. The van der Waals surface area contributed by atoms with Gasteiger partial charge in [0.1, 0.15) is 18.0 Å². The zero-order valence-corrected chi connectivity index (χ0v) is 17.8. The Bertz CT molecular complexity index is 588. The van der Waals surface area contributed by atoms with E-state index in [0.717, 1.165) is 17.7 Å². The van der Waals surface area contributed by atoms with E-state index in [1.54, 1.807) is 0 Å². The van der Waals surface area contributed by atoms with E-state index in [2.05, 4.69) is 0 Å². The Morgan fingerprint density at radius 3 is 2.21 bits per heavy atom. The second-order valence-electron chi connectivity index (χ2n) is 7.69. The molecule has 1 rings (SSSR count). The summed E-state index contributed by atoms with van der Waals surface area (Å²) in [4.78, 5) is 24.3. The molecular weight excluding hydrogens is 360 g/mol. The molecule has 0 amide bonds. The maximum atomic E-state index is 12.2. The summed E-state index contributed by atoms with van der Waals surface area (Å²) in [5.41, 5.74) is 0.669. The largest absolute Gasteiger partial charge is 0.488 e. The molecule has 1 aromatic rings. The van der Waals surface area contributed by atoms with Crippen molar-refractivity contribution in [3.63, 3.8) is 0 Å². The summed E-state index contributed by atoms with van der Waals surface area (Å²) < 4.78 is 21.3. The highest BCUT2D eigenvalue weighted by Crippen LogP contribution is 2.21. The van der Waals surface area contributed by atoms with Gasteiger partial charge in [-0.3, -0.25) is 9.59 Å². The molecule has 0 unspecified atom stereocenters. The van der Waals surface area contributed by atoms with Crippen LogP contribution in [-0.2, 0) is 30.2 Å². The molecule has 0 aliphatic rings. The van der Waals surface area contributed by atoms with E-state index in [9.17, 15) is 9.59 Å². The smallest absolute Gasteiger partial charge is 0.309 e. The third-order valence-corrected chi connectivity index (χ3v) is 3.82. The van der Waals surface area contributed by atoms with Crippen molar-refractivity contribution in [2.24, 2.45) is 5.92 Å². The Kier molecular flexibility index (Phi) is 10.8. The molecule has 0 aromatic heterocycles. The number of hydrogen-bond donors (Lipinski definition) is 0. The van der Waals surface area contributed by atoms with Crippen LogP contribution in [0.25, 0.3) is 0 Å². The first-order chi connectivity index (χ1) is 13.2. The Labute approximate surface area is 168 Å². The van der Waals surface area contributed by atoms with Crippen molar-refractivity contribution < 1.29 is 28.5 Å². The predicted octanol–water partition coefficient (Wildman–Crippen LogP) is 3.60. The average molecular weight is 395 g/mol. The van der Waals surface area contributed by atoms with Crippen LogP contribution in [-0.4, -0.2) is 50.9 Å². The molecule has 0 aliphatic heterocycles. The van der Waals surface area contributed by atoms with E-state index >= 15 is 0 Å². The SMILES string of the molecule is CCCOCCOCC(=O)C[C@@H](Cc1ccc(OC(C)(C)C)cc1)C(=O)OC. The van der Waals surface area contributed by atoms with E-state index in [0.29, 0.717) is 26.2 Å². The lowest BCUT2D eigenvalue weighted by Crippen LogP contribution is -2.24. The van der Waals surface area contributed by atoms with Crippen LogP contribution < -0.4 is 4.74 Å². The van der Waals surface area contributed by atoms with E-state index in [1.807, 2.05) is 52.0 Å². The second kappa shape index (κ2) is 12.5. The first-order valence-corrected chi connectivity index (χ1v) is 9.78. The monoisotopic (exact) mass is 394 g/mol. The standard InChI is InChI=1S/C22H34O6/c1-6-11-26-12-13-27-16-19(23)15-18(21(24)25-5)14-17-7-9-20(10-8-17)28-22(2,3)4/h7-10,18H,6,11-16H2,1-5H3/t18-/m1/s1. The van der Waals surface area contributed by atoms with Crippen molar-refractivity contribution in [1.29, 1.82) is 0 Å². The third-order valence-electron chi connectivity index (χ3n) is 3.82. The number of ether oxygens (including phenoxy) is 4. The van der Waals surface area contributed by atoms with Gasteiger partial charge in [-0.25, -0.2) is 0 Å². The number of methoxy groups -OCH3 is 1. The van der Waals surface area contributed by atoms with Crippen LogP contribution in [0.1, 0.15) is 46.1 Å². The molecule has 0 aliphatic carbocycles. The fraction of sp³-hybridized carbons (Fsp3) is 0.636. The summed E-state index contributed by atoms with van der Waals surface area (Å²) in [6.07, 6.45) is 1.46. The van der Waals surface area contributed by atoms with E-state index in [4.69, 9.17) is 18.9 Å². The van der Waals surface area contributed by atoms with Gasteiger partial charge in [-0.15, -0.1) is 0 Å². The van der Waals surface area contributed by atoms with Gasteiger partial charge in [0, 0.05) is 13.0 Å². The molecule has 0 saturated carbocycles. The quantitative estimate of drug-likeness (QED) is 0.376. The second-order valence-corrected chi connectivity index (χ2v) is 7.69. The zero-order valence-electron chi connectivity index (χ0n) is 17.8. The van der Waals surface area contributed by atoms with Gasteiger partial charge in [-0.05, 0) is 51.3 Å². The van der Waals surface area contributed by atoms with Crippen molar-refractivity contribution in [1.82, 2.24) is 0 Å². The maximum Gasteiger partial charge on any atom is 0.309 e. The summed E-state index contributed by atoms with van der Waals surface area (Å²) >= 11 is 0. The predicted molar refractivity (Wildman–Crippen MR) is 108 cm³/mol. The van der Waals surface area contributed by atoms with Gasteiger partial charge in [0.25, 0.3) is 0 Å². The molecule has 1 aromatic carbocycles. The Morgan fingerprint density at radius 2 is 1.64 bits per heavy atom. The molecule has 0 heterocycles. The number of hydrogen-bond acceptors (Lipinski definition) is 6. The zero-order chi connectivity index (χ0) is 21.0. The normalized spacial score (nSPS) is 12.5. The van der Waals surface area contributed by atoms with E-state index in [1.165, 1.54) is 7.11 Å². The highest BCUT2D eigenvalue weighted by atomic mass is 16.5. The minimum Gasteiger partial charge on any atom is -0.488 e. The summed E-state index contributed by atoms with van der Waals surface area (Å²) in [7, 11) is 1.33. The molecule has 0 spiro atoms. The van der Waals surface area contributed by atoms with Crippen molar-refractivity contribution in [3.05, 3.63) is 29.8 Å². The molecule has 6 nitrogen and oxygen atoms in total. The summed E-state index contributed by atoms with van der Waals surface area (Å²) in [6.45, 7) is 9.47. The topological polar surface area (TPSA) is 71.1 Å². The van der Waals surface area contributed by atoms with Crippen LogP contribution >= 0.6 is 0 Å². The number of esters is 1. The number of benzene rings is 1. The van der Waals surface area contributed by atoms with Gasteiger partial charge in [0.2, 0.25) is 0 Å². The highest BCUT2D eigenvalue weighted by Gasteiger charge is 2.23. The lowest BCUT2D eigenvalue weighted by atomic mass is 9.94. The molecule has 0 saturated heterocycles. The van der Waals surface area contributed by atoms with Crippen LogP contribution in [0.15, 0.2) is 24.3 Å². The molecule has 1 atom stereocenters. The molecule has 6 heteroatoms. The van der Waals surface area contributed by atoms with E-state index in [-0.39, 0.29) is 24.4 Å². The summed E-state index contributed by atoms with van der Waals surface area (Å²) in [6, 6.07) is 7.55. The molecule has 0 N–H and O–H groups in total. The van der Waals surface area contributed by atoms with Gasteiger partial charge >= 0.3 is 5.97 Å². The van der Waals surface area contributed by atoms with Crippen molar-refractivity contribution in [2.75, 3.05) is 33.5 Å². The Morgan fingerprint density at radius 1 is 1.00 bits per heavy atom. The number of Topliss-reactive ketones (excluding diaryl/α,β-unsaturated/α-hetero) is 1. The molecule has 0 bridgehead atoms. The van der Waals surface area contributed by atoms with Crippen LogP contribution in [0.3, 0.4) is 0 Å². The van der Waals surface area contributed by atoms with Gasteiger partial charge in [0.15, 0.2) is 5.78 Å². The molecular formula is C22H34O6. The minimum atomic E-state index is -0.535. The number of rotatable bonds is 13. The minimum absolute atomic E-state index is 0.0264. The van der Waals surface area contributed by atoms with E-state index < -0.39 is 11.9 Å². The van der Waals surface area contributed by atoms with Crippen LogP contribution in [0.2, 0.25) is 0 Å². The van der Waals surface area contributed by atoms with Crippen molar-refractivity contribution >= 4 is 11.8 Å². The highest BCUT2D eigenvalue weighted by molar-refractivity contribution is 5.85. The van der Waals surface area contributed by atoms with Crippen LogP contribution in [0, 0.1) is 5.92 Å². The van der Waals surface area contributed by atoms with Gasteiger partial charge in [0.05, 0.1) is 26.2 Å². The Balaban J connectivity index is 2.54. The van der Waals surface area contributed by atoms with Crippen molar-refractivity contribution in [3.8, 4) is 5.75 Å². The van der Waals surface area contributed by atoms with Gasteiger partial charge < -0.3 is 18.9 Å². The lowest BCUT2D eigenvalue weighted by molar-refractivity contribution is -0.147. The fourth-order valence-electron chi connectivity index (χ4n) is 2.62. The fourth-order valence-corrected chi connectivity index (χ4v) is 2.62. The van der Waals surface area contributed by atoms with Gasteiger partial charge in [-0.2, -0.15) is 0 Å². The number of carbonyl (C=O) groups excluding carboxylic acids is 2. The summed E-state index contributed by atoms with van der Waals surface area (Å²) in [5.74, 6) is -0.291. The van der Waals surface area contributed by atoms with Crippen molar-refractivity contribution in [2.45, 2.75) is 52.6 Å². The summed E-state index contributed by atoms with van der Waals surface area (Å²) in [5, 5.41) is 0. The molecule has 0 radical (unpaired) electrons. The maximum absolute atomic E-state index is 12.2. The van der Waals surface area contributed by atoms with Crippen LogP contribution in [0.4, 0.5) is 0 Å². The van der Waals surface area contributed by atoms with Crippen LogP contribution in [0.5, 0.6) is 5.75 Å². The third kappa shape index (κ3) is 10.4. The van der Waals surface area contributed by atoms with Gasteiger partial charge in [-0.1, -0.05) is 19.1 Å². The molecule has 28 heavy (non-hydrogen) atoms. The lowest BCUT2D eigenvalue weighted by Gasteiger charge is -2.21. The number of carbonyl (C=O) groups is 2. The molecule has 158 valence electrons. The Hall–Kier alpha value is -1.92. The first kappa shape index (κ1) is 24.1.